The Balaban J connectivity index is 3.86. The number of methoxy groups -OCH3 is 2. The molecule has 0 spiro atoms. The fourth-order valence-corrected chi connectivity index (χ4v) is 0.798. The van der Waals surface area contributed by atoms with Crippen molar-refractivity contribution >= 4 is 0 Å². The summed E-state index contributed by atoms with van der Waals surface area (Å²) in [5.74, 6) is 0. The fraction of sp³-hybridized carbons (Fsp3) is 1.00. The lowest BCUT2D eigenvalue weighted by molar-refractivity contribution is -0.190. The molecule has 0 unspecified atom stereocenters. The van der Waals surface area contributed by atoms with Gasteiger partial charge in [0.1, 0.15) is 6.10 Å². The highest BCUT2D eigenvalue weighted by Crippen LogP contribution is 2.06. The molecule has 0 radical (unpaired) electrons. The van der Waals surface area contributed by atoms with E-state index in [1.807, 2.05) is 0 Å². The number of hydrogen-bond acceptors (Lipinski definition) is 4. The Morgan fingerprint density at radius 3 is 1.91 bits per heavy atom. The Bertz CT molecular complexity index is 92.4. The molecule has 11 heavy (non-hydrogen) atoms. The van der Waals surface area contributed by atoms with E-state index in [4.69, 9.17) is 14.6 Å². The third-order valence-corrected chi connectivity index (χ3v) is 1.56. The predicted octanol–water partition coefficient (Wildman–Crippen LogP) is -0.263. The van der Waals surface area contributed by atoms with E-state index in [0.717, 1.165) is 0 Å². The second kappa shape index (κ2) is 5.49. The van der Waals surface area contributed by atoms with Gasteiger partial charge < -0.3 is 19.7 Å². The second-order valence-corrected chi connectivity index (χ2v) is 2.31. The minimum atomic E-state index is -0.977. The average Bonchev–Trinajstić information content (AvgIpc) is 2.05. The quantitative estimate of drug-likeness (QED) is 0.549. The van der Waals surface area contributed by atoms with Crippen LogP contribution < -0.4 is 0 Å². The highest BCUT2D eigenvalue weighted by atomic mass is 16.7. The lowest BCUT2D eigenvalue weighted by atomic mass is 10.1. The van der Waals surface area contributed by atoms with Crippen LogP contribution in [0.3, 0.4) is 0 Å². The van der Waals surface area contributed by atoms with Gasteiger partial charge in [0.15, 0.2) is 6.29 Å². The topological polar surface area (TPSA) is 58.9 Å². The third-order valence-electron chi connectivity index (χ3n) is 1.56. The lowest BCUT2D eigenvalue weighted by Crippen LogP contribution is -2.39. The molecule has 0 aromatic carbocycles. The summed E-state index contributed by atoms with van der Waals surface area (Å²) in [7, 11) is 2.83. The fourth-order valence-electron chi connectivity index (χ4n) is 0.798. The standard InChI is InChI=1S/C7H16O4/c1-4-5(8)6(9)7(10-2)11-3/h5-9H,4H2,1-3H3/t5-,6+/m0/s1. The summed E-state index contributed by atoms with van der Waals surface area (Å²) in [5.41, 5.74) is 0. The number of rotatable bonds is 5. The van der Waals surface area contributed by atoms with Crippen molar-refractivity contribution in [1.29, 1.82) is 0 Å². The summed E-state index contributed by atoms with van der Waals surface area (Å²) in [6.07, 6.45) is -2.04. The molecule has 0 aliphatic rings. The van der Waals surface area contributed by atoms with Gasteiger partial charge in [-0.3, -0.25) is 0 Å². The Morgan fingerprint density at radius 1 is 1.18 bits per heavy atom. The first-order chi connectivity index (χ1) is 5.17. The molecule has 0 fully saturated rings. The van der Waals surface area contributed by atoms with E-state index >= 15 is 0 Å². The van der Waals surface area contributed by atoms with E-state index in [0.29, 0.717) is 6.42 Å². The highest BCUT2D eigenvalue weighted by Gasteiger charge is 2.24. The monoisotopic (exact) mass is 164 g/mol. The van der Waals surface area contributed by atoms with Crippen LogP contribution in [0.2, 0.25) is 0 Å². The summed E-state index contributed by atoms with van der Waals surface area (Å²) in [5, 5.41) is 18.4. The molecule has 2 N–H and O–H groups in total. The molecule has 2 atom stereocenters. The molecule has 4 nitrogen and oxygen atoms in total. The summed E-state index contributed by atoms with van der Waals surface area (Å²) in [6, 6.07) is 0. The zero-order valence-corrected chi connectivity index (χ0v) is 7.15. The normalized spacial score (nSPS) is 16.9. The SMILES string of the molecule is CC[C@H](O)[C@@H](O)C(OC)OC. The molecule has 0 saturated carbocycles. The maximum absolute atomic E-state index is 9.28. The first-order valence-electron chi connectivity index (χ1n) is 3.59. The molecule has 68 valence electrons. The van der Waals surface area contributed by atoms with Crippen LogP contribution in [0, 0.1) is 0 Å². The van der Waals surface area contributed by atoms with E-state index in [9.17, 15) is 5.11 Å². The van der Waals surface area contributed by atoms with Crippen molar-refractivity contribution in [3.63, 3.8) is 0 Å². The molecule has 0 aliphatic heterocycles. The lowest BCUT2D eigenvalue weighted by Gasteiger charge is -2.23. The van der Waals surface area contributed by atoms with E-state index in [2.05, 4.69) is 0 Å². The smallest absolute Gasteiger partial charge is 0.185 e. The predicted molar refractivity (Wildman–Crippen MR) is 40.1 cm³/mol. The van der Waals surface area contributed by atoms with Crippen molar-refractivity contribution < 1.29 is 19.7 Å². The Morgan fingerprint density at radius 2 is 1.64 bits per heavy atom. The summed E-state index contributed by atoms with van der Waals surface area (Å²) >= 11 is 0. The molecule has 0 heterocycles. The van der Waals surface area contributed by atoms with Crippen LogP contribution in [0.15, 0.2) is 0 Å². The van der Waals surface area contributed by atoms with Gasteiger partial charge in [-0.2, -0.15) is 0 Å². The zero-order valence-electron chi connectivity index (χ0n) is 7.15. The van der Waals surface area contributed by atoms with Crippen LogP contribution in [0.5, 0.6) is 0 Å². The van der Waals surface area contributed by atoms with Crippen LogP contribution in [0.25, 0.3) is 0 Å². The molecule has 0 aliphatic carbocycles. The summed E-state index contributed by atoms with van der Waals surface area (Å²) < 4.78 is 9.50. The van der Waals surface area contributed by atoms with Crippen molar-refractivity contribution in [3.8, 4) is 0 Å². The van der Waals surface area contributed by atoms with E-state index in [1.54, 1.807) is 6.92 Å². The Hall–Kier alpha value is -0.160. The van der Waals surface area contributed by atoms with Gasteiger partial charge in [0, 0.05) is 14.2 Å². The number of aliphatic hydroxyl groups is 2. The van der Waals surface area contributed by atoms with Crippen molar-refractivity contribution in [1.82, 2.24) is 0 Å². The second-order valence-electron chi connectivity index (χ2n) is 2.31. The Labute approximate surface area is 66.7 Å². The van der Waals surface area contributed by atoms with Gasteiger partial charge in [-0.15, -0.1) is 0 Å². The first kappa shape index (κ1) is 10.8. The largest absolute Gasteiger partial charge is 0.390 e. The van der Waals surface area contributed by atoms with Crippen molar-refractivity contribution in [2.75, 3.05) is 14.2 Å². The van der Waals surface area contributed by atoms with Crippen LogP contribution in [0.4, 0.5) is 0 Å². The maximum Gasteiger partial charge on any atom is 0.185 e. The minimum absolute atomic E-state index is 0.477. The minimum Gasteiger partial charge on any atom is -0.390 e. The molecule has 0 amide bonds. The van der Waals surface area contributed by atoms with E-state index in [-0.39, 0.29) is 0 Å². The molecular weight excluding hydrogens is 148 g/mol. The number of ether oxygens (including phenoxy) is 2. The van der Waals surface area contributed by atoms with Crippen molar-refractivity contribution in [3.05, 3.63) is 0 Å². The molecule has 0 aromatic heterocycles. The van der Waals surface area contributed by atoms with Crippen LogP contribution in [0.1, 0.15) is 13.3 Å². The molecule has 0 saturated heterocycles. The number of aliphatic hydroxyl groups excluding tert-OH is 2. The van der Waals surface area contributed by atoms with Gasteiger partial charge in [0.05, 0.1) is 6.10 Å². The van der Waals surface area contributed by atoms with Gasteiger partial charge in [0.25, 0.3) is 0 Å². The van der Waals surface area contributed by atoms with Crippen molar-refractivity contribution in [2.45, 2.75) is 31.8 Å². The van der Waals surface area contributed by atoms with Crippen LogP contribution >= 0.6 is 0 Å². The van der Waals surface area contributed by atoms with Crippen molar-refractivity contribution in [2.24, 2.45) is 0 Å². The molecule has 0 bridgehead atoms. The van der Waals surface area contributed by atoms with Gasteiger partial charge >= 0.3 is 0 Å². The summed E-state index contributed by atoms with van der Waals surface area (Å²) in [4.78, 5) is 0. The van der Waals surface area contributed by atoms with E-state index in [1.165, 1.54) is 14.2 Å². The Kier molecular flexibility index (Phi) is 5.41. The highest BCUT2D eigenvalue weighted by molar-refractivity contribution is 4.68. The van der Waals surface area contributed by atoms with Gasteiger partial charge in [-0.25, -0.2) is 0 Å². The molecule has 4 heteroatoms. The molecule has 0 rings (SSSR count). The first-order valence-corrected chi connectivity index (χ1v) is 3.59. The van der Waals surface area contributed by atoms with Crippen LogP contribution in [-0.2, 0) is 9.47 Å². The summed E-state index contributed by atoms with van der Waals surface area (Å²) in [6.45, 7) is 1.77. The van der Waals surface area contributed by atoms with Gasteiger partial charge in [0.2, 0.25) is 0 Å². The number of hydrogen-bond donors (Lipinski definition) is 2. The van der Waals surface area contributed by atoms with Gasteiger partial charge in [-0.1, -0.05) is 6.92 Å². The van der Waals surface area contributed by atoms with Crippen LogP contribution in [-0.4, -0.2) is 42.9 Å². The zero-order chi connectivity index (χ0) is 8.85. The molecular formula is C7H16O4. The maximum atomic E-state index is 9.28. The average molecular weight is 164 g/mol. The van der Waals surface area contributed by atoms with E-state index < -0.39 is 18.5 Å². The third kappa shape index (κ3) is 3.16. The van der Waals surface area contributed by atoms with Gasteiger partial charge in [-0.05, 0) is 6.42 Å². The molecule has 0 aromatic rings.